The highest BCUT2D eigenvalue weighted by atomic mass is 16.5. The van der Waals surface area contributed by atoms with Crippen LogP contribution in [0.1, 0.15) is 5.56 Å². The van der Waals surface area contributed by atoms with E-state index in [-0.39, 0.29) is 0 Å². The van der Waals surface area contributed by atoms with Crippen molar-refractivity contribution in [2.45, 2.75) is 6.54 Å². The maximum absolute atomic E-state index is 6.18. The van der Waals surface area contributed by atoms with Gasteiger partial charge in [0.25, 0.3) is 0 Å². The number of ether oxygens (including phenoxy) is 2. The molecule has 0 unspecified atom stereocenters. The number of nitrogens with zero attached hydrogens (tertiary/aromatic N) is 2. The maximum Gasteiger partial charge on any atom is 0.176 e. The number of rotatable bonds is 6. The molecule has 1 aliphatic heterocycles. The minimum Gasteiger partial charge on any atom is -0.497 e. The van der Waals surface area contributed by atoms with Gasteiger partial charge in [-0.15, -0.1) is 0 Å². The zero-order valence-corrected chi connectivity index (χ0v) is 18.6. The molecule has 5 rings (SSSR count). The predicted molar refractivity (Wildman–Crippen MR) is 129 cm³/mol. The molecule has 0 spiro atoms. The molecule has 0 bridgehead atoms. The Balaban J connectivity index is 1.34. The van der Waals surface area contributed by atoms with E-state index in [1.165, 1.54) is 11.3 Å². The largest absolute Gasteiger partial charge is 0.497 e. The molecular formula is C27H28N2O3. The monoisotopic (exact) mass is 428 g/mol. The Morgan fingerprint density at radius 1 is 0.812 bits per heavy atom. The van der Waals surface area contributed by atoms with Gasteiger partial charge in [-0.1, -0.05) is 30.3 Å². The van der Waals surface area contributed by atoms with Crippen molar-refractivity contribution in [3.8, 4) is 22.8 Å². The zero-order chi connectivity index (χ0) is 21.9. The summed E-state index contributed by atoms with van der Waals surface area (Å²) in [6.45, 7) is 5.05. The Morgan fingerprint density at radius 3 is 2.38 bits per heavy atom. The first-order valence-electron chi connectivity index (χ1n) is 11.0. The molecule has 1 aliphatic rings. The van der Waals surface area contributed by atoms with E-state index in [1.54, 1.807) is 14.2 Å². The lowest BCUT2D eigenvalue weighted by atomic mass is 10.1. The second-order valence-electron chi connectivity index (χ2n) is 8.16. The third kappa shape index (κ3) is 4.16. The average Bonchev–Trinajstić information content (AvgIpc) is 3.29. The van der Waals surface area contributed by atoms with E-state index in [0.717, 1.165) is 66.5 Å². The fourth-order valence-electron chi connectivity index (χ4n) is 4.40. The lowest BCUT2D eigenvalue weighted by Crippen LogP contribution is -2.45. The fourth-order valence-corrected chi connectivity index (χ4v) is 4.40. The maximum atomic E-state index is 6.18. The van der Waals surface area contributed by atoms with Crippen LogP contribution in [0, 0.1) is 0 Å². The van der Waals surface area contributed by atoms with Crippen LogP contribution in [-0.2, 0) is 6.54 Å². The van der Waals surface area contributed by atoms with E-state index in [9.17, 15) is 0 Å². The molecule has 3 aromatic carbocycles. The minimum atomic E-state index is 0.773. The topological polar surface area (TPSA) is 38.1 Å². The molecule has 2 heterocycles. The van der Waals surface area contributed by atoms with Gasteiger partial charge in [0.15, 0.2) is 11.3 Å². The number of hydrogen-bond donors (Lipinski definition) is 0. The molecule has 0 atom stereocenters. The van der Waals surface area contributed by atoms with Crippen molar-refractivity contribution >= 4 is 16.7 Å². The van der Waals surface area contributed by atoms with E-state index in [4.69, 9.17) is 13.9 Å². The summed E-state index contributed by atoms with van der Waals surface area (Å²) in [4.78, 5) is 4.96. The Hall–Kier alpha value is -3.44. The number of anilines is 1. The van der Waals surface area contributed by atoms with Crippen molar-refractivity contribution in [1.82, 2.24) is 4.90 Å². The number of piperazine rings is 1. The highest BCUT2D eigenvalue weighted by Gasteiger charge is 2.19. The van der Waals surface area contributed by atoms with E-state index < -0.39 is 0 Å². The smallest absolute Gasteiger partial charge is 0.176 e. The first-order chi connectivity index (χ1) is 15.7. The molecule has 164 valence electrons. The van der Waals surface area contributed by atoms with Gasteiger partial charge < -0.3 is 18.8 Å². The summed E-state index contributed by atoms with van der Waals surface area (Å²) < 4.78 is 17.2. The molecule has 0 N–H and O–H groups in total. The van der Waals surface area contributed by atoms with Crippen LogP contribution in [0.15, 0.2) is 77.2 Å². The first kappa shape index (κ1) is 20.5. The highest BCUT2D eigenvalue weighted by Crippen LogP contribution is 2.36. The third-order valence-electron chi connectivity index (χ3n) is 6.12. The molecule has 0 amide bonds. The molecule has 1 aromatic heterocycles. The summed E-state index contributed by atoms with van der Waals surface area (Å²) in [5, 5.41) is 1.06. The summed E-state index contributed by atoms with van der Waals surface area (Å²) in [5.41, 5.74) is 4.31. The van der Waals surface area contributed by atoms with Gasteiger partial charge in [-0.2, -0.15) is 0 Å². The summed E-state index contributed by atoms with van der Waals surface area (Å²) >= 11 is 0. The highest BCUT2D eigenvalue weighted by molar-refractivity contribution is 5.88. The van der Waals surface area contributed by atoms with Crippen LogP contribution in [0.25, 0.3) is 22.3 Å². The van der Waals surface area contributed by atoms with Crippen molar-refractivity contribution < 1.29 is 13.9 Å². The lowest BCUT2D eigenvalue weighted by Gasteiger charge is -2.36. The number of para-hydroxylation sites is 1. The Morgan fingerprint density at radius 2 is 1.62 bits per heavy atom. The van der Waals surface area contributed by atoms with Crippen molar-refractivity contribution in [2.75, 3.05) is 45.3 Å². The fraction of sp³-hybridized carbons (Fsp3) is 0.259. The molecule has 32 heavy (non-hydrogen) atoms. The Bertz CT molecular complexity index is 1190. The van der Waals surface area contributed by atoms with Gasteiger partial charge in [-0.3, -0.25) is 4.90 Å². The van der Waals surface area contributed by atoms with Gasteiger partial charge in [0, 0.05) is 49.4 Å². The Kier molecular flexibility index (Phi) is 5.73. The van der Waals surface area contributed by atoms with Crippen molar-refractivity contribution in [3.63, 3.8) is 0 Å². The van der Waals surface area contributed by atoms with Crippen LogP contribution in [0.3, 0.4) is 0 Å². The van der Waals surface area contributed by atoms with Crippen LogP contribution >= 0.6 is 0 Å². The molecule has 5 heteroatoms. The van der Waals surface area contributed by atoms with Crippen LogP contribution < -0.4 is 14.4 Å². The van der Waals surface area contributed by atoms with Gasteiger partial charge in [-0.25, -0.2) is 0 Å². The van der Waals surface area contributed by atoms with Crippen LogP contribution in [0.5, 0.6) is 11.5 Å². The number of benzene rings is 3. The second-order valence-corrected chi connectivity index (χ2v) is 8.16. The van der Waals surface area contributed by atoms with Crippen molar-refractivity contribution in [2.24, 2.45) is 0 Å². The minimum absolute atomic E-state index is 0.773. The van der Waals surface area contributed by atoms with Crippen LogP contribution in [-0.4, -0.2) is 45.3 Å². The number of furan rings is 1. The molecule has 1 saturated heterocycles. The summed E-state index contributed by atoms with van der Waals surface area (Å²) in [6.07, 6.45) is 0. The van der Waals surface area contributed by atoms with E-state index >= 15 is 0 Å². The van der Waals surface area contributed by atoms with Crippen LogP contribution in [0.2, 0.25) is 0 Å². The molecule has 0 aliphatic carbocycles. The lowest BCUT2D eigenvalue weighted by molar-refractivity contribution is 0.249. The van der Waals surface area contributed by atoms with E-state index in [0.29, 0.717) is 0 Å². The average molecular weight is 429 g/mol. The normalized spacial score (nSPS) is 14.6. The van der Waals surface area contributed by atoms with Gasteiger partial charge in [-0.05, 0) is 48.0 Å². The van der Waals surface area contributed by atoms with Gasteiger partial charge in [0.05, 0.1) is 14.2 Å². The molecular weight excluding hydrogens is 400 g/mol. The van der Waals surface area contributed by atoms with Crippen molar-refractivity contribution in [1.29, 1.82) is 0 Å². The number of hydrogen-bond acceptors (Lipinski definition) is 5. The SMILES string of the molecule is COc1cccc(-c2cc3cc(CN4CCN(c5ccccc5)CC4)cc(OC)c3o2)c1. The number of fused-ring (bicyclic) bond motifs is 1. The zero-order valence-electron chi connectivity index (χ0n) is 18.6. The van der Waals surface area contributed by atoms with Crippen molar-refractivity contribution in [3.05, 3.63) is 78.4 Å². The summed E-state index contributed by atoms with van der Waals surface area (Å²) in [5.74, 6) is 2.39. The standard InChI is InChI=1S/C27H28N2O3/c1-30-24-10-6-7-21(17-24)25-18-22-15-20(16-26(31-2)27(22)32-25)19-28-11-13-29(14-12-28)23-8-4-3-5-9-23/h3-10,15-18H,11-14,19H2,1-2H3. The van der Waals surface area contributed by atoms with E-state index in [1.807, 2.05) is 24.3 Å². The van der Waals surface area contributed by atoms with Gasteiger partial charge in [0.1, 0.15) is 11.5 Å². The molecule has 5 nitrogen and oxygen atoms in total. The summed E-state index contributed by atoms with van der Waals surface area (Å²) in [6, 6.07) is 25.0. The molecule has 0 radical (unpaired) electrons. The summed E-state index contributed by atoms with van der Waals surface area (Å²) in [7, 11) is 3.37. The number of methoxy groups -OCH3 is 2. The molecule has 0 saturated carbocycles. The third-order valence-corrected chi connectivity index (χ3v) is 6.12. The predicted octanol–water partition coefficient (Wildman–Crippen LogP) is 5.44. The molecule has 4 aromatic rings. The van der Waals surface area contributed by atoms with Gasteiger partial charge in [0.2, 0.25) is 0 Å². The Labute approximate surface area is 188 Å². The van der Waals surface area contributed by atoms with Gasteiger partial charge >= 0.3 is 0 Å². The van der Waals surface area contributed by atoms with Crippen LogP contribution in [0.4, 0.5) is 5.69 Å². The van der Waals surface area contributed by atoms with E-state index in [2.05, 4.69) is 58.3 Å². The molecule has 1 fully saturated rings. The first-order valence-corrected chi connectivity index (χ1v) is 11.0. The second kappa shape index (κ2) is 8.97. The quantitative estimate of drug-likeness (QED) is 0.409.